The van der Waals surface area contributed by atoms with Crippen LogP contribution in [0, 0.1) is 11.8 Å². The van der Waals surface area contributed by atoms with Gasteiger partial charge in [-0.25, -0.2) is 18.3 Å². The molecule has 2 saturated heterocycles. The summed E-state index contributed by atoms with van der Waals surface area (Å²) in [7, 11) is -6.45. The summed E-state index contributed by atoms with van der Waals surface area (Å²) in [4.78, 5) is 26.0. The van der Waals surface area contributed by atoms with E-state index in [1.807, 2.05) is 13.8 Å². The quantitative estimate of drug-likeness (QED) is 0.0917. The van der Waals surface area contributed by atoms with Gasteiger partial charge >= 0.3 is 19.6 Å². The third kappa shape index (κ3) is 13.1. The van der Waals surface area contributed by atoms with Crippen molar-refractivity contribution in [1.82, 2.24) is 14.7 Å². The van der Waals surface area contributed by atoms with E-state index >= 15 is 0 Å². The van der Waals surface area contributed by atoms with E-state index in [0.717, 1.165) is 0 Å². The number of carbonyl (C=O) groups is 2. The standard InChI is InChI=1S/C41H56N3O13PS/c1-27(2)23-44(59(49,50)34-18-16-31(51-6)17-19-34)24-37(45)36(42-41(47)56-38-25-53-40-35(38)20-21-52-40)22-30-12-14-32(15-13-30)54-26-58(48,57-33-10-8-7-9-11-33)43-29(5)39(46)55-28(3)4/h7-19,27-29,35-38,40,45H,20-26H2,1-6H3,(H,42,47)(H,43,48)/t29-,35+,36+,37-,38+,40-,58?/m1/s1. The zero-order valence-corrected chi connectivity index (χ0v) is 35.9. The second kappa shape index (κ2) is 20.8. The first-order valence-electron chi connectivity index (χ1n) is 19.6. The number of ether oxygens (including phenoxy) is 6. The lowest BCUT2D eigenvalue weighted by Crippen LogP contribution is -2.51. The number of benzene rings is 3. The molecule has 59 heavy (non-hydrogen) atoms. The van der Waals surface area contributed by atoms with Crippen LogP contribution in [0.15, 0.2) is 83.8 Å². The van der Waals surface area contributed by atoms with Crippen LogP contribution in [0.3, 0.4) is 0 Å². The molecule has 1 amide bonds. The molecule has 2 aliphatic heterocycles. The number of hydrogen-bond acceptors (Lipinski definition) is 13. The van der Waals surface area contributed by atoms with E-state index in [4.69, 9.17) is 32.9 Å². The van der Waals surface area contributed by atoms with Gasteiger partial charge in [0, 0.05) is 13.1 Å². The fourth-order valence-corrected chi connectivity index (χ4v) is 9.90. The average molecular weight is 862 g/mol. The van der Waals surface area contributed by atoms with Gasteiger partial charge in [-0.2, -0.15) is 4.31 Å². The second-order valence-electron chi connectivity index (χ2n) is 15.2. The van der Waals surface area contributed by atoms with Crippen molar-refractivity contribution in [3.8, 4) is 17.2 Å². The van der Waals surface area contributed by atoms with Crippen molar-refractivity contribution in [3.05, 3.63) is 84.4 Å². The number of nitrogens with zero attached hydrogens (tertiary/aromatic N) is 1. The normalized spacial score (nSPS) is 20.3. The summed E-state index contributed by atoms with van der Waals surface area (Å²) >= 11 is 0. The average Bonchev–Trinajstić information content (AvgIpc) is 3.82. The Labute approximate surface area is 346 Å². The highest BCUT2D eigenvalue weighted by Gasteiger charge is 2.44. The van der Waals surface area contributed by atoms with E-state index in [9.17, 15) is 27.7 Å². The Morgan fingerprint density at radius 1 is 0.915 bits per heavy atom. The maximum absolute atomic E-state index is 14.1. The topological polar surface area (TPSA) is 197 Å². The maximum atomic E-state index is 14.1. The minimum atomic E-state index is -4.08. The van der Waals surface area contributed by atoms with Crippen LogP contribution in [0.25, 0.3) is 0 Å². The predicted octanol–water partition coefficient (Wildman–Crippen LogP) is 5.34. The van der Waals surface area contributed by atoms with Gasteiger partial charge in [-0.1, -0.05) is 44.2 Å². The largest absolute Gasteiger partial charge is 0.497 e. The summed E-state index contributed by atoms with van der Waals surface area (Å²) in [5, 5.41) is 17.3. The molecule has 18 heteroatoms. The third-order valence-electron chi connectivity index (χ3n) is 9.54. The van der Waals surface area contributed by atoms with Crippen molar-refractivity contribution < 1.29 is 60.6 Å². The number of alkyl carbamates (subject to hydrolysis) is 1. The summed E-state index contributed by atoms with van der Waals surface area (Å²) in [6.45, 7) is 9.10. The van der Waals surface area contributed by atoms with Gasteiger partial charge in [-0.05, 0) is 93.6 Å². The molecular formula is C41H56N3O13PS. The lowest BCUT2D eigenvalue weighted by atomic mass is 10.0. The van der Waals surface area contributed by atoms with Gasteiger partial charge in [0.15, 0.2) is 12.6 Å². The third-order valence-corrected chi connectivity index (χ3v) is 13.1. The Hall–Kier alpha value is -4.22. The van der Waals surface area contributed by atoms with Gasteiger partial charge in [0.25, 0.3) is 0 Å². The number of sulfonamides is 1. The highest BCUT2D eigenvalue weighted by atomic mass is 32.2. The molecule has 0 aliphatic carbocycles. The Balaban J connectivity index is 1.32. The number of esters is 1. The highest BCUT2D eigenvalue weighted by molar-refractivity contribution is 7.89. The number of fused-ring (bicyclic) bond motifs is 1. The molecule has 3 aromatic rings. The summed E-state index contributed by atoms with van der Waals surface area (Å²) in [5.41, 5.74) is 0.649. The molecule has 2 heterocycles. The number of amides is 1. The van der Waals surface area contributed by atoms with Crippen LogP contribution < -0.4 is 24.4 Å². The second-order valence-corrected chi connectivity index (χ2v) is 19.2. The highest BCUT2D eigenvalue weighted by Crippen LogP contribution is 2.44. The molecule has 7 atom stereocenters. The van der Waals surface area contributed by atoms with E-state index in [-0.39, 0.29) is 49.0 Å². The molecule has 5 rings (SSSR count). The molecule has 0 saturated carbocycles. The molecule has 0 bridgehead atoms. The molecule has 1 unspecified atom stereocenters. The van der Waals surface area contributed by atoms with Crippen LogP contribution >= 0.6 is 7.52 Å². The number of carbonyl (C=O) groups excluding carboxylic acids is 2. The SMILES string of the molecule is COc1ccc(S(=O)(=O)N(CC(C)C)C[C@@H](O)[C@H](Cc2ccc(OCP(=O)(N[C@H](C)C(=O)OC(C)C)Oc3ccccc3)cc2)NC(=O)O[C@H]2CO[C@H]3OCC[C@H]32)cc1. The fourth-order valence-electron chi connectivity index (χ4n) is 6.62. The van der Waals surface area contributed by atoms with Crippen molar-refractivity contribution in [3.63, 3.8) is 0 Å². The van der Waals surface area contributed by atoms with Crippen LogP contribution in [-0.4, -0.2) is 106 Å². The lowest BCUT2D eigenvalue weighted by Gasteiger charge is -2.31. The van der Waals surface area contributed by atoms with Crippen LogP contribution in [0.2, 0.25) is 0 Å². The number of hydrogen-bond donors (Lipinski definition) is 3. The van der Waals surface area contributed by atoms with Crippen molar-refractivity contribution in [2.24, 2.45) is 11.8 Å². The number of para-hydroxylation sites is 1. The predicted molar refractivity (Wildman–Crippen MR) is 218 cm³/mol. The van der Waals surface area contributed by atoms with Crippen LogP contribution in [0.4, 0.5) is 4.79 Å². The first-order chi connectivity index (χ1) is 28.0. The number of methoxy groups -OCH3 is 1. The van der Waals surface area contributed by atoms with Gasteiger partial charge in [0.05, 0.1) is 49.4 Å². The molecule has 2 aliphatic rings. The van der Waals surface area contributed by atoms with Crippen molar-refractivity contribution >= 4 is 29.6 Å². The molecule has 324 valence electrons. The van der Waals surface area contributed by atoms with Crippen molar-refractivity contribution in [2.75, 3.05) is 39.8 Å². The Kier molecular flexibility index (Phi) is 16.2. The maximum Gasteiger partial charge on any atom is 0.407 e. The zero-order chi connectivity index (χ0) is 42.7. The van der Waals surface area contributed by atoms with E-state index in [0.29, 0.717) is 35.8 Å². The van der Waals surface area contributed by atoms with Crippen LogP contribution in [0.1, 0.15) is 46.6 Å². The Bertz CT molecular complexity index is 1970. The monoisotopic (exact) mass is 861 g/mol. The molecule has 3 N–H and O–H groups in total. The first-order valence-corrected chi connectivity index (χ1v) is 22.9. The number of aliphatic hydroxyl groups excluding tert-OH is 1. The molecule has 0 spiro atoms. The molecule has 2 fully saturated rings. The van der Waals surface area contributed by atoms with Gasteiger partial charge in [0.2, 0.25) is 10.0 Å². The van der Waals surface area contributed by atoms with Gasteiger partial charge < -0.3 is 43.4 Å². The Morgan fingerprint density at radius 3 is 2.24 bits per heavy atom. The molecule has 0 radical (unpaired) electrons. The van der Waals surface area contributed by atoms with Gasteiger partial charge in [-0.3, -0.25) is 9.36 Å². The van der Waals surface area contributed by atoms with Crippen molar-refractivity contribution in [1.29, 1.82) is 0 Å². The van der Waals surface area contributed by atoms with E-state index in [2.05, 4.69) is 10.4 Å². The summed E-state index contributed by atoms with van der Waals surface area (Å²) in [6, 6.07) is 19.1. The lowest BCUT2D eigenvalue weighted by molar-refractivity contribution is -0.149. The molecule has 16 nitrogen and oxygen atoms in total. The van der Waals surface area contributed by atoms with Crippen LogP contribution in [0.5, 0.6) is 17.2 Å². The van der Waals surface area contributed by atoms with E-state index < -0.39 is 66.5 Å². The summed E-state index contributed by atoms with van der Waals surface area (Å²) in [6.07, 6.45) is -3.25. The summed E-state index contributed by atoms with van der Waals surface area (Å²) < 4.78 is 82.3. The number of rotatable bonds is 21. The van der Waals surface area contributed by atoms with Crippen LogP contribution in [-0.2, 0) is 44.8 Å². The van der Waals surface area contributed by atoms with Gasteiger partial charge in [-0.15, -0.1) is 0 Å². The molecule has 0 aromatic heterocycles. The van der Waals surface area contributed by atoms with E-state index in [1.54, 1.807) is 80.6 Å². The summed E-state index contributed by atoms with van der Waals surface area (Å²) in [5.74, 6) is 0.304. The Morgan fingerprint density at radius 2 is 1.59 bits per heavy atom. The minimum absolute atomic E-state index is 0.0269. The fraction of sp³-hybridized carbons (Fsp3) is 0.512. The number of nitrogens with one attached hydrogen (secondary N) is 2. The molecule has 3 aromatic carbocycles. The minimum Gasteiger partial charge on any atom is -0.497 e. The number of aliphatic hydroxyl groups is 1. The van der Waals surface area contributed by atoms with Crippen molar-refractivity contribution in [2.45, 2.75) is 89.0 Å². The smallest absolute Gasteiger partial charge is 0.407 e. The van der Waals surface area contributed by atoms with E-state index in [1.165, 1.54) is 30.5 Å². The van der Waals surface area contributed by atoms with Gasteiger partial charge in [0.1, 0.15) is 29.4 Å². The molecular weight excluding hydrogens is 805 g/mol. The first kappa shape index (κ1) is 45.9. The zero-order valence-electron chi connectivity index (χ0n) is 34.2.